The Labute approximate surface area is 180 Å². The summed E-state index contributed by atoms with van der Waals surface area (Å²) in [5.74, 6) is 1.88. The molecule has 0 aliphatic heterocycles. The van der Waals surface area contributed by atoms with Gasteiger partial charge < -0.3 is 20.1 Å². The van der Waals surface area contributed by atoms with Crippen molar-refractivity contribution in [1.29, 1.82) is 0 Å². The third-order valence-corrected chi connectivity index (χ3v) is 4.82. The lowest BCUT2D eigenvalue weighted by Crippen LogP contribution is -2.24. The third-order valence-electron chi connectivity index (χ3n) is 4.82. The van der Waals surface area contributed by atoms with E-state index < -0.39 is 0 Å². The van der Waals surface area contributed by atoms with E-state index in [1.165, 1.54) is 0 Å². The first-order valence-corrected chi connectivity index (χ1v) is 9.78. The van der Waals surface area contributed by atoms with Crippen LogP contribution in [0.2, 0.25) is 0 Å². The molecule has 156 valence electrons. The highest BCUT2D eigenvalue weighted by Gasteiger charge is 2.11. The number of carbonyl (C=O) groups excluding carboxylic acids is 1. The zero-order chi connectivity index (χ0) is 21.6. The fourth-order valence-corrected chi connectivity index (χ4v) is 3.15. The number of carbonyl (C=O) groups is 1. The van der Waals surface area contributed by atoms with E-state index in [0.29, 0.717) is 11.6 Å². The van der Waals surface area contributed by atoms with Gasteiger partial charge >= 0.3 is 0 Å². The van der Waals surface area contributed by atoms with Crippen LogP contribution in [0.4, 0.5) is 11.5 Å². The van der Waals surface area contributed by atoms with Gasteiger partial charge in [0.2, 0.25) is 0 Å². The van der Waals surface area contributed by atoms with Gasteiger partial charge in [0, 0.05) is 29.1 Å². The smallest absolute Gasteiger partial charge is 0.257 e. The molecule has 31 heavy (non-hydrogen) atoms. The van der Waals surface area contributed by atoms with Crippen molar-refractivity contribution in [3.8, 4) is 22.8 Å². The average molecular weight is 414 g/mol. The molecule has 7 heteroatoms. The number of hydrogen-bond acceptors (Lipinski definition) is 6. The fraction of sp³-hybridized carbons (Fsp3) is 0.125. The zero-order valence-electron chi connectivity index (χ0n) is 17.3. The van der Waals surface area contributed by atoms with Gasteiger partial charge in [0.15, 0.2) is 12.4 Å². The molecule has 3 aromatic carbocycles. The van der Waals surface area contributed by atoms with Gasteiger partial charge in [0.05, 0.1) is 7.11 Å². The molecule has 0 saturated carbocycles. The van der Waals surface area contributed by atoms with E-state index in [2.05, 4.69) is 20.8 Å². The van der Waals surface area contributed by atoms with Crippen LogP contribution in [0, 0.1) is 0 Å². The molecule has 1 heterocycles. The van der Waals surface area contributed by atoms with Crippen molar-refractivity contribution in [1.82, 2.24) is 15.5 Å². The third kappa shape index (κ3) is 4.56. The maximum Gasteiger partial charge on any atom is 0.257 e. The molecule has 0 radical (unpaired) electrons. The summed E-state index contributed by atoms with van der Waals surface area (Å²) in [5, 5.41) is 16.7. The van der Waals surface area contributed by atoms with Crippen LogP contribution in [-0.4, -0.2) is 36.9 Å². The van der Waals surface area contributed by atoms with Gasteiger partial charge in [0.1, 0.15) is 17.2 Å². The maximum atomic E-state index is 11.3. The molecule has 2 N–H and O–H groups in total. The Morgan fingerprint density at radius 3 is 2.23 bits per heavy atom. The highest BCUT2D eigenvalue weighted by Crippen LogP contribution is 2.32. The number of nitrogens with one attached hydrogen (secondary N) is 2. The van der Waals surface area contributed by atoms with Crippen LogP contribution in [0.1, 0.15) is 0 Å². The van der Waals surface area contributed by atoms with Gasteiger partial charge in [-0.1, -0.05) is 24.3 Å². The number of rotatable bonds is 7. The standard InChI is InChI=1S/C24H22N4O3/c1-25-22(29)15-31-19-13-9-17(10-14-19)26-24-21-6-4-3-5-20(21)23(27-28-24)16-7-11-18(30-2)12-8-16/h3-14H,15H2,1-2H3,(H,25,29)(H,26,28). The van der Waals surface area contributed by atoms with Gasteiger partial charge in [-0.05, 0) is 48.5 Å². The topological polar surface area (TPSA) is 85.4 Å². The highest BCUT2D eigenvalue weighted by atomic mass is 16.5. The van der Waals surface area contributed by atoms with Crippen LogP contribution in [0.25, 0.3) is 22.0 Å². The van der Waals surface area contributed by atoms with Gasteiger partial charge in [-0.2, -0.15) is 0 Å². The highest BCUT2D eigenvalue weighted by molar-refractivity contribution is 6.00. The molecule has 0 saturated heterocycles. The Hall–Kier alpha value is -4.13. The van der Waals surface area contributed by atoms with Gasteiger partial charge in [-0.25, -0.2) is 0 Å². The van der Waals surface area contributed by atoms with E-state index in [0.717, 1.165) is 33.5 Å². The molecule has 7 nitrogen and oxygen atoms in total. The molecular formula is C24H22N4O3. The number of fused-ring (bicyclic) bond motifs is 1. The molecule has 0 aliphatic rings. The van der Waals surface area contributed by atoms with E-state index in [1.807, 2.05) is 60.7 Å². The molecule has 4 aromatic rings. The summed E-state index contributed by atoms with van der Waals surface area (Å²) < 4.78 is 10.7. The molecule has 0 atom stereocenters. The average Bonchev–Trinajstić information content (AvgIpc) is 2.83. The minimum absolute atomic E-state index is 0.0216. The lowest BCUT2D eigenvalue weighted by atomic mass is 10.0. The van der Waals surface area contributed by atoms with Crippen molar-refractivity contribution < 1.29 is 14.3 Å². The Balaban J connectivity index is 1.59. The Morgan fingerprint density at radius 2 is 1.55 bits per heavy atom. The predicted octanol–water partition coefficient (Wildman–Crippen LogP) is 4.17. The summed E-state index contributed by atoms with van der Waals surface area (Å²) >= 11 is 0. The minimum Gasteiger partial charge on any atom is -0.497 e. The quantitative estimate of drug-likeness (QED) is 0.472. The molecule has 1 aromatic heterocycles. The van der Waals surface area contributed by atoms with E-state index >= 15 is 0 Å². The van der Waals surface area contributed by atoms with Crippen LogP contribution >= 0.6 is 0 Å². The summed E-state index contributed by atoms with van der Waals surface area (Å²) in [6.45, 7) is -0.0216. The number of nitrogens with zero attached hydrogens (tertiary/aromatic N) is 2. The second kappa shape index (κ2) is 9.13. The first-order chi connectivity index (χ1) is 15.2. The van der Waals surface area contributed by atoms with Crippen molar-refractivity contribution >= 4 is 28.2 Å². The Morgan fingerprint density at radius 1 is 0.871 bits per heavy atom. The monoisotopic (exact) mass is 414 g/mol. The zero-order valence-corrected chi connectivity index (χ0v) is 17.3. The van der Waals surface area contributed by atoms with Crippen molar-refractivity contribution in [2.24, 2.45) is 0 Å². The van der Waals surface area contributed by atoms with Crippen molar-refractivity contribution in [3.63, 3.8) is 0 Å². The summed E-state index contributed by atoms with van der Waals surface area (Å²) in [5.41, 5.74) is 2.61. The number of benzene rings is 3. The molecule has 0 unspecified atom stereocenters. The summed E-state index contributed by atoms with van der Waals surface area (Å²) in [6, 6.07) is 23.1. The van der Waals surface area contributed by atoms with E-state index in [-0.39, 0.29) is 12.5 Å². The van der Waals surface area contributed by atoms with Crippen molar-refractivity contribution in [2.45, 2.75) is 0 Å². The number of aromatic nitrogens is 2. The summed E-state index contributed by atoms with van der Waals surface area (Å²) in [4.78, 5) is 11.3. The van der Waals surface area contributed by atoms with Gasteiger partial charge in [-0.3, -0.25) is 4.79 Å². The van der Waals surface area contributed by atoms with Crippen molar-refractivity contribution in [3.05, 3.63) is 72.8 Å². The molecule has 1 amide bonds. The number of anilines is 2. The number of hydrogen-bond donors (Lipinski definition) is 2. The Bertz CT molecular complexity index is 1190. The number of likely N-dealkylation sites (N-methyl/N-ethyl adjacent to an activating group) is 1. The predicted molar refractivity (Wildman–Crippen MR) is 121 cm³/mol. The van der Waals surface area contributed by atoms with E-state index in [1.54, 1.807) is 26.3 Å². The normalized spacial score (nSPS) is 10.5. The van der Waals surface area contributed by atoms with Crippen LogP contribution < -0.4 is 20.1 Å². The molecule has 0 bridgehead atoms. The molecule has 0 spiro atoms. The largest absolute Gasteiger partial charge is 0.497 e. The first kappa shape index (κ1) is 20.2. The van der Waals surface area contributed by atoms with E-state index in [4.69, 9.17) is 9.47 Å². The van der Waals surface area contributed by atoms with Crippen LogP contribution in [0.15, 0.2) is 72.8 Å². The van der Waals surface area contributed by atoms with Crippen molar-refractivity contribution in [2.75, 3.05) is 26.1 Å². The minimum atomic E-state index is -0.180. The van der Waals surface area contributed by atoms with Crippen LogP contribution in [-0.2, 0) is 4.79 Å². The number of methoxy groups -OCH3 is 1. The maximum absolute atomic E-state index is 11.3. The number of ether oxygens (including phenoxy) is 2. The lowest BCUT2D eigenvalue weighted by molar-refractivity contribution is -0.122. The molecular weight excluding hydrogens is 392 g/mol. The van der Waals surface area contributed by atoms with Gasteiger partial charge in [0.25, 0.3) is 5.91 Å². The van der Waals surface area contributed by atoms with Crippen LogP contribution in [0.5, 0.6) is 11.5 Å². The molecule has 0 fully saturated rings. The summed E-state index contributed by atoms with van der Waals surface area (Å²) in [6.07, 6.45) is 0. The lowest BCUT2D eigenvalue weighted by Gasteiger charge is -2.12. The number of amides is 1. The summed E-state index contributed by atoms with van der Waals surface area (Å²) in [7, 11) is 3.22. The first-order valence-electron chi connectivity index (χ1n) is 9.78. The Kier molecular flexibility index (Phi) is 5.93. The SMILES string of the molecule is CNC(=O)COc1ccc(Nc2nnc(-c3ccc(OC)cc3)c3ccccc23)cc1. The fourth-order valence-electron chi connectivity index (χ4n) is 3.15. The van der Waals surface area contributed by atoms with Gasteiger partial charge in [-0.15, -0.1) is 10.2 Å². The second-order valence-electron chi connectivity index (χ2n) is 6.78. The second-order valence-corrected chi connectivity index (χ2v) is 6.78. The molecule has 4 rings (SSSR count). The molecule has 0 aliphatic carbocycles. The van der Waals surface area contributed by atoms with Crippen LogP contribution in [0.3, 0.4) is 0 Å². The van der Waals surface area contributed by atoms with E-state index in [9.17, 15) is 4.79 Å².